The van der Waals surface area contributed by atoms with Crippen LogP contribution in [0.3, 0.4) is 0 Å². The summed E-state index contributed by atoms with van der Waals surface area (Å²) in [6.07, 6.45) is 71.8. The van der Waals surface area contributed by atoms with Gasteiger partial charge in [-0.25, -0.2) is 0 Å². The summed E-state index contributed by atoms with van der Waals surface area (Å²) in [5.41, 5.74) is 0. The minimum atomic E-state index is -0.782. The average Bonchev–Trinajstić information content (AvgIpc) is 3.34. The van der Waals surface area contributed by atoms with Gasteiger partial charge >= 0.3 is 17.9 Å². The number of esters is 3. The molecule has 0 aromatic rings. The fourth-order valence-electron chi connectivity index (χ4n) is 8.06. The molecule has 0 fully saturated rings. The van der Waals surface area contributed by atoms with Gasteiger partial charge in [0.15, 0.2) is 6.10 Å². The smallest absolute Gasteiger partial charge is 0.306 e. The van der Waals surface area contributed by atoms with E-state index in [1.807, 2.05) is 0 Å². The van der Waals surface area contributed by atoms with Crippen LogP contribution in [-0.4, -0.2) is 37.2 Å². The number of carbonyl (C=O) groups excluding carboxylic acids is 3. The summed E-state index contributed by atoms with van der Waals surface area (Å²) in [5, 5.41) is 0. The highest BCUT2D eigenvalue weighted by Gasteiger charge is 2.19. The zero-order valence-corrected chi connectivity index (χ0v) is 44.9. The van der Waals surface area contributed by atoms with Crippen molar-refractivity contribution in [1.29, 1.82) is 0 Å². The molecule has 1 unspecified atom stereocenters. The maximum absolute atomic E-state index is 12.8. The summed E-state index contributed by atoms with van der Waals surface area (Å²) >= 11 is 0. The molecule has 0 spiro atoms. The van der Waals surface area contributed by atoms with Crippen molar-refractivity contribution in [2.45, 2.75) is 290 Å². The van der Waals surface area contributed by atoms with Crippen molar-refractivity contribution in [1.82, 2.24) is 0 Å². The first-order chi connectivity index (χ1) is 33.5. The zero-order chi connectivity index (χ0) is 49.3. The van der Waals surface area contributed by atoms with Gasteiger partial charge in [-0.1, -0.05) is 235 Å². The summed E-state index contributed by atoms with van der Waals surface area (Å²) < 4.78 is 16.8. The molecule has 392 valence electrons. The van der Waals surface area contributed by atoms with E-state index in [1.54, 1.807) is 0 Å². The van der Waals surface area contributed by atoms with E-state index in [0.29, 0.717) is 19.3 Å². The molecule has 0 aliphatic carbocycles. The van der Waals surface area contributed by atoms with E-state index >= 15 is 0 Å². The topological polar surface area (TPSA) is 78.9 Å². The summed E-state index contributed by atoms with van der Waals surface area (Å²) in [5.74, 6) is -0.894. The summed E-state index contributed by atoms with van der Waals surface area (Å²) in [6, 6.07) is 0. The first-order valence-corrected chi connectivity index (χ1v) is 28.9. The minimum Gasteiger partial charge on any atom is -0.462 e. The van der Waals surface area contributed by atoms with Crippen molar-refractivity contribution >= 4 is 17.9 Å². The molecule has 0 aliphatic rings. The van der Waals surface area contributed by atoms with Gasteiger partial charge in [-0.05, 0) is 103 Å². The van der Waals surface area contributed by atoms with Crippen LogP contribution in [0, 0.1) is 0 Å². The molecule has 1 atom stereocenters. The molecule has 0 aliphatic heterocycles. The molecule has 0 aromatic heterocycles. The molecule has 0 rings (SSSR count). The van der Waals surface area contributed by atoms with Crippen molar-refractivity contribution in [3.05, 3.63) is 72.9 Å². The minimum absolute atomic E-state index is 0.0811. The molecular formula is C62H108O6. The Morgan fingerprint density at radius 1 is 0.309 bits per heavy atom. The lowest BCUT2D eigenvalue weighted by atomic mass is 10.0. The van der Waals surface area contributed by atoms with Crippen LogP contribution in [0.15, 0.2) is 72.9 Å². The van der Waals surface area contributed by atoms with Crippen LogP contribution in [0.1, 0.15) is 284 Å². The van der Waals surface area contributed by atoms with Crippen molar-refractivity contribution in [2.75, 3.05) is 13.2 Å². The van der Waals surface area contributed by atoms with Gasteiger partial charge in [0.25, 0.3) is 0 Å². The van der Waals surface area contributed by atoms with Crippen LogP contribution >= 0.6 is 0 Å². The van der Waals surface area contributed by atoms with Gasteiger partial charge in [0.1, 0.15) is 13.2 Å². The van der Waals surface area contributed by atoms with Gasteiger partial charge in [-0.15, -0.1) is 0 Å². The van der Waals surface area contributed by atoms with Crippen LogP contribution in [-0.2, 0) is 28.6 Å². The molecular weight excluding hydrogens is 841 g/mol. The van der Waals surface area contributed by atoms with E-state index in [1.165, 1.54) is 141 Å². The van der Waals surface area contributed by atoms with E-state index in [4.69, 9.17) is 14.2 Å². The predicted octanol–water partition coefficient (Wildman–Crippen LogP) is 19.4. The van der Waals surface area contributed by atoms with Crippen LogP contribution in [0.4, 0.5) is 0 Å². The molecule has 0 aromatic carbocycles. The Balaban J connectivity index is 4.25. The molecule has 0 N–H and O–H groups in total. The molecule has 0 amide bonds. The molecule has 68 heavy (non-hydrogen) atoms. The van der Waals surface area contributed by atoms with Crippen molar-refractivity contribution < 1.29 is 28.6 Å². The van der Waals surface area contributed by atoms with Gasteiger partial charge in [0.2, 0.25) is 0 Å². The van der Waals surface area contributed by atoms with Crippen molar-refractivity contribution in [3.8, 4) is 0 Å². The van der Waals surface area contributed by atoms with Crippen LogP contribution in [0.5, 0.6) is 0 Å². The van der Waals surface area contributed by atoms with Gasteiger partial charge < -0.3 is 14.2 Å². The van der Waals surface area contributed by atoms with E-state index in [2.05, 4.69) is 93.7 Å². The number of hydrogen-bond acceptors (Lipinski definition) is 6. The molecule has 0 radical (unpaired) electrons. The lowest BCUT2D eigenvalue weighted by Crippen LogP contribution is -2.30. The van der Waals surface area contributed by atoms with Crippen LogP contribution < -0.4 is 0 Å². The molecule has 0 saturated carbocycles. The number of unbranched alkanes of at least 4 members (excludes halogenated alkanes) is 29. The molecule has 0 heterocycles. The first kappa shape index (κ1) is 64.8. The summed E-state index contributed by atoms with van der Waals surface area (Å²) in [4.78, 5) is 38.1. The molecule has 0 bridgehead atoms. The highest BCUT2D eigenvalue weighted by atomic mass is 16.6. The number of ether oxygens (including phenoxy) is 3. The van der Waals surface area contributed by atoms with E-state index in [9.17, 15) is 14.4 Å². The third-order valence-corrected chi connectivity index (χ3v) is 12.4. The lowest BCUT2D eigenvalue weighted by Gasteiger charge is -2.18. The first-order valence-electron chi connectivity index (χ1n) is 28.9. The highest BCUT2D eigenvalue weighted by Crippen LogP contribution is 2.15. The molecule has 6 heteroatoms. The van der Waals surface area contributed by atoms with Crippen LogP contribution in [0.25, 0.3) is 0 Å². The predicted molar refractivity (Wildman–Crippen MR) is 293 cm³/mol. The largest absolute Gasteiger partial charge is 0.462 e. The summed E-state index contributed by atoms with van der Waals surface area (Å²) in [6.45, 7) is 6.48. The third kappa shape index (κ3) is 53.8. The van der Waals surface area contributed by atoms with Crippen LogP contribution in [0.2, 0.25) is 0 Å². The third-order valence-electron chi connectivity index (χ3n) is 12.4. The fraction of sp³-hybridized carbons (Fsp3) is 0.758. The highest BCUT2D eigenvalue weighted by molar-refractivity contribution is 5.71. The van der Waals surface area contributed by atoms with Gasteiger partial charge in [-0.3, -0.25) is 14.4 Å². The second-order valence-electron chi connectivity index (χ2n) is 19.2. The SMILES string of the molecule is CC/C=C\C/C=C\C/C=C\C/C=C\CCCCCCCCCCCCCCC(=O)OCC(COC(=O)CCCCCCC/C=C\CCCC)OC(=O)CCCCCCC/C=C\CCCCCCC. The Hall–Kier alpha value is -3.15. The van der Waals surface area contributed by atoms with Crippen molar-refractivity contribution in [2.24, 2.45) is 0 Å². The Morgan fingerprint density at radius 3 is 0.956 bits per heavy atom. The van der Waals surface area contributed by atoms with Gasteiger partial charge in [0.05, 0.1) is 0 Å². The van der Waals surface area contributed by atoms with Crippen molar-refractivity contribution in [3.63, 3.8) is 0 Å². The fourth-order valence-corrected chi connectivity index (χ4v) is 8.06. The Labute approximate surface area is 421 Å². The monoisotopic (exact) mass is 949 g/mol. The Bertz CT molecular complexity index is 1270. The van der Waals surface area contributed by atoms with Gasteiger partial charge in [0, 0.05) is 19.3 Å². The average molecular weight is 950 g/mol. The number of rotatable bonds is 52. The maximum Gasteiger partial charge on any atom is 0.306 e. The number of allylic oxidation sites excluding steroid dienone is 12. The standard InChI is InChI=1S/C62H108O6/c1-4-7-10-13-16-19-22-24-26-27-28-29-30-31-32-33-34-35-36-38-40-43-46-49-52-55-61(64)67-58-59(57-66-60(63)54-51-48-45-42-39-21-18-15-12-9-6-3)68-62(65)56-53-50-47-44-41-37-25-23-20-17-14-11-8-5-2/h7,10,15-16,18-19,23-26,28-29,59H,4-6,8-9,11-14,17,20-22,27,30-58H2,1-3H3/b10-7-,18-15-,19-16-,25-23-,26-24-,29-28-. The Kier molecular flexibility index (Phi) is 53.8. The number of carbonyl (C=O) groups is 3. The number of hydrogen-bond donors (Lipinski definition) is 0. The maximum atomic E-state index is 12.8. The normalized spacial score (nSPS) is 12.6. The second kappa shape index (κ2) is 56.4. The van der Waals surface area contributed by atoms with E-state index < -0.39 is 6.10 Å². The van der Waals surface area contributed by atoms with E-state index in [-0.39, 0.29) is 31.1 Å². The second-order valence-corrected chi connectivity index (χ2v) is 19.2. The summed E-state index contributed by atoms with van der Waals surface area (Å²) in [7, 11) is 0. The molecule has 0 saturated heterocycles. The quantitative estimate of drug-likeness (QED) is 0.0262. The lowest BCUT2D eigenvalue weighted by molar-refractivity contribution is -0.167. The van der Waals surface area contributed by atoms with Gasteiger partial charge in [-0.2, -0.15) is 0 Å². The van der Waals surface area contributed by atoms with E-state index in [0.717, 1.165) is 103 Å². The zero-order valence-electron chi connectivity index (χ0n) is 44.9. The molecule has 6 nitrogen and oxygen atoms in total. The Morgan fingerprint density at radius 2 is 0.588 bits per heavy atom.